The molecule has 0 aliphatic carbocycles. The molecule has 0 fully saturated rings. The van der Waals surface area contributed by atoms with Gasteiger partial charge in [-0.1, -0.05) is 24.3 Å². The van der Waals surface area contributed by atoms with Gasteiger partial charge in [0.15, 0.2) is 0 Å². The summed E-state index contributed by atoms with van der Waals surface area (Å²) in [7, 11) is 1.63. The highest BCUT2D eigenvalue weighted by atomic mass is 16.5. The van der Waals surface area contributed by atoms with E-state index in [-0.39, 0.29) is 6.61 Å². The fraction of sp³-hybridized carbons (Fsp3) is 0.200. The van der Waals surface area contributed by atoms with Crippen LogP contribution in [0.4, 0.5) is 0 Å². The molecule has 0 atom stereocenters. The summed E-state index contributed by atoms with van der Waals surface area (Å²) in [4.78, 5) is 0. The average molecular weight is 164 g/mol. The standard InChI is InChI=1S/C10H12O2/c1-12-10-6-2-4-9(8-10)5-3-7-11/h2-6,8,11H,7H2,1H3. The SMILES string of the molecule is COc1cccc(C=CCO)c1. The molecule has 1 aromatic carbocycles. The fourth-order valence-corrected chi connectivity index (χ4v) is 0.934. The second-order valence-electron chi connectivity index (χ2n) is 2.36. The van der Waals surface area contributed by atoms with Crippen molar-refractivity contribution in [1.82, 2.24) is 0 Å². The zero-order valence-corrected chi connectivity index (χ0v) is 7.03. The minimum atomic E-state index is 0.0667. The van der Waals surface area contributed by atoms with Gasteiger partial charge in [0.05, 0.1) is 13.7 Å². The Morgan fingerprint density at radius 2 is 2.33 bits per heavy atom. The summed E-state index contributed by atoms with van der Waals surface area (Å²) in [6.45, 7) is 0.0667. The maximum absolute atomic E-state index is 8.54. The van der Waals surface area contributed by atoms with Crippen molar-refractivity contribution in [3.8, 4) is 5.75 Å². The zero-order chi connectivity index (χ0) is 8.81. The van der Waals surface area contributed by atoms with Crippen molar-refractivity contribution in [1.29, 1.82) is 0 Å². The number of methoxy groups -OCH3 is 1. The van der Waals surface area contributed by atoms with Crippen LogP contribution in [-0.2, 0) is 0 Å². The third-order valence-corrected chi connectivity index (χ3v) is 1.51. The minimum Gasteiger partial charge on any atom is -0.497 e. The van der Waals surface area contributed by atoms with Crippen LogP contribution in [0.3, 0.4) is 0 Å². The number of hydrogen-bond donors (Lipinski definition) is 1. The molecule has 0 spiro atoms. The molecular weight excluding hydrogens is 152 g/mol. The summed E-state index contributed by atoms with van der Waals surface area (Å²) in [5, 5.41) is 8.54. The van der Waals surface area contributed by atoms with E-state index in [1.165, 1.54) is 0 Å². The summed E-state index contributed by atoms with van der Waals surface area (Å²) in [5.41, 5.74) is 1.03. The number of benzene rings is 1. The molecule has 2 nitrogen and oxygen atoms in total. The van der Waals surface area contributed by atoms with Crippen molar-refractivity contribution in [3.05, 3.63) is 35.9 Å². The molecular formula is C10H12O2. The van der Waals surface area contributed by atoms with Crippen molar-refractivity contribution >= 4 is 6.08 Å². The normalized spacial score (nSPS) is 10.5. The number of aliphatic hydroxyl groups excluding tert-OH is 1. The van der Waals surface area contributed by atoms with Crippen molar-refractivity contribution < 1.29 is 9.84 Å². The summed E-state index contributed by atoms with van der Waals surface area (Å²) in [5.74, 6) is 0.829. The fourth-order valence-electron chi connectivity index (χ4n) is 0.934. The van der Waals surface area contributed by atoms with Gasteiger partial charge in [-0.2, -0.15) is 0 Å². The van der Waals surface area contributed by atoms with E-state index >= 15 is 0 Å². The predicted octanol–water partition coefficient (Wildman–Crippen LogP) is 1.70. The quantitative estimate of drug-likeness (QED) is 0.736. The molecule has 1 aromatic rings. The number of rotatable bonds is 3. The van der Waals surface area contributed by atoms with Crippen molar-refractivity contribution in [2.75, 3.05) is 13.7 Å². The van der Waals surface area contributed by atoms with Crippen LogP contribution in [0, 0.1) is 0 Å². The summed E-state index contributed by atoms with van der Waals surface area (Å²) < 4.78 is 5.04. The highest BCUT2D eigenvalue weighted by Gasteiger charge is 1.89. The molecule has 1 N–H and O–H groups in total. The zero-order valence-electron chi connectivity index (χ0n) is 7.03. The number of ether oxygens (including phenoxy) is 1. The highest BCUT2D eigenvalue weighted by Crippen LogP contribution is 2.13. The molecule has 2 heteroatoms. The van der Waals surface area contributed by atoms with Crippen LogP contribution < -0.4 is 4.74 Å². The topological polar surface area (TPSA) is 29.5 Å². The average Bonchev–Trinajstić information content (AvgIpc) is 2.15. The van der Waals surface area contributed by atoms with E-state index in [9.17, 15) is 0 Å². The first-order valence-electron chi connectivity index (χ1n) is 3.78. The molecule has 0 aliphatic heterocycles. The van der Waals surface area contributed by atoms with Gasteiger partial charge in [-0.3, -0.25) is 0 Å². The van der Waals surface area contributed by atoms with E-state index in [0.717, 1.165) is 11.3 Å². The lowest BCUT2D eigenvalue weighted by Crippen LogP contribution is -1.82. The van der Waals surface area contributed by atoms with Gasteiger partial charge in [0.2, 0.25) is 0 Å². The Bertz CT molecular complexity index is 266. The Balaban J connectivity index is 2.79. The van der Waals surface area contributed by atoms with Crippen molar-refractivity contribution in [2.24, 2.45) is 0 Å². The molecule has 0 saturated heterocycles. The number of aliphatic hydroxyl groups is 1. The monoisotopic (exact) mass is 164 g/mol. The molecule has 0 saturated carbocycles. The van der Waals surface area contributed by atoms with Crippen LogP contribution in [0.5, 0.6) is 5.75 Å². The Morgan fingerprint density at radius 3 is 3.00 bits per heavy atom. The van der Waals surface area contributed by atoms with Gasteiger partial charge in [0.25, 0.3) is 0 Å². The lowest BCUT2D eigenvalue weighted by molar-refractivity contribution is 0.343. The molecule has 0 unspecified atom stereocenters. The molecule has 0 amide bonds. The van der Waals surface area contributed by atoms with Crippen LogP contribution in [0.25, 0.3) is 6.08 Å². The largest absolute Gasteiger partial charge is 0.497 e. The lowest BCUT2D eigenvalue weighted by Gasteiger charge is -1.99. The first-order valence-corrected chi connectivity index (χ1v) is 3.78. The Labute approximate surface area is 72.1 Å². The third kappa shape index (κ3) is 2.40. The molecule has 1 rings (SSSR count). The van der Waals surface area contributed by atoms with E-state index in [0.29, 0.717) is 0 Å². The maximum Gasteiger partial charge on any atom is 0.119 e. The Hall–Kier alpha value is -1.28. The first kappa shape index (κ1) is 8.81. The second-order valence-corrected chi connectivity index (χ2v) is 2.36. The number of hydrogen-bond acceptors (Lipinski definition) is 2. The van der Waals surface area contributed by atoms with Gasteiger partial charge in [-0.15, -0.1) is 0 Å². The van der Waals surface area contributed by atoms with Crippen molar-refractivity contribution in [3.63, 3.8) is 0 Å². The Morgan fingerprint density at radius 1 is 1.50 bits per heavy atom. The van der Waals surface area contributed by atoms with Crippen LogP contribution in [0.15, 0.2) is 30.3 Å². The molecule has 12 heavy (non-hydrogen) atoms. The van der Waals surface area contributed by atoms with Crippen LogP contribution >= 0.6 is 0 Å². The summed E-state index contributed by atoms with van der Waals surface area (Å²) >= 11 is 0. The minimum absolute atomic E-state index is 0.0667. The van der Waals surface area contributed by atoms with Crippen LogP contribution in [0.1, 0.15) is 5.56 Å². The van der Waals surface area contributed by atoms with E-state index in [2.05, 4.69) is 0 Å². The Kier molecular flexibility index (Phi) is 3.35. The van der Waals surface area contributed by atoms with E-state index in [1.54, 1.807) is 13.2 Å². The van der Waals surface area contributed by atoms with Gasteiger partial charge >= 0.3 is 0 Å². The highest BCUT2D eigenvalue weighted by molar-refractivity contribution is 5.51. The predicted molar refractivity (Wildman–Crippen MR) is 49.1 cm³/mol. The second kappa shape index (κ2) is 4.57. The van der Waals surface area contributed by atoms with Crippen LogP contribution in [0.2, 0.25) is 0 Å². The lowest BCUT2D eigenvalue weighted by atomic mass is 10.2. The van der Waals surface area contributed by atoms with Gasteiger partial charge in [0, 0.05) is 0 Å². The van der Waals surface area contributed by atoms with Gasteiger partial charge in [-0.25, -0.2) is 0 Å². The first-order chi connectivity index (χ1) is 5.86. The van der Waals surface area contributed by atoms with Gasteiger partial charge < -0.3 is 9.84 Å². The molecule has 64 valence electrons. The van der Waals surface area contributed by atoms with Crippen molar-refractivity contribution in [2.45, 2.75) is 0 Å². The smallest absolute Gasteiger partial charge is 0.119 e. The summed E-state index contributed by atoms with van der Waals surface area (Å²) in [6, 6.07) is 7.66. The molecule has 0 bridgehead atoms. The van der Waals surface area contributed by atoms with Gasteiger partial charge in [0.1, 0.15) is 5.75 Å². The van der Waals surface area contributed by atoms with E-state index < -0.39 is 0 Å². The molecule has 0 heterocycles. The molecule has 0 aliphatic rings. The van der Waals surface area contributed by atoms with E-state index in [1.807, 2.05) is 30.3 Å². The summed E-state index contributed by atoms with van der Waals surface area (Å²) in [6.07, 6.45) is 3.54. The third-order valence-electron chi connectivity index (χ3n) is 1.51. The van der Waals surface area contributed by atoms with Gasteiger partial charge in [-0.05, 0) is 17.7 Å². The molecule has 0 aromatic heterocycles. The van der Waals surface area contributed by atoms with E-state index in [4.69, 9.17) is 9.84 Å². The maximum atomic E-state index is 8.54. The van der Waals surface area contributed by atoms with Crippen LogP contribution in [-0.4, -0.2) is 18.8 Å². The molecule has 0 radical (unpaired) electrons.